The number of benzene rings is 2. The van der Waals surface area contributed by atoms with E-state index >= 15 is 0 Å². The molecule has 1 N–H and O–H groups in total. The predicted molar refractivity (Wildman–Crippen MR) is 83.1 cm³/mol. The van der Waals surface area contributed by atoms with Crippen LogP contribution < -0.4 is 15.0 Å². The van der Waals surface area contributed by atoms with Gasteiger partial charge in [0.25, 0.3) is 5.56 Å². The number of nitrogens with one attached hydrogen (secondary N) is 1. The Morgan fingerprint density at radius 1 is 1.00 bits per heavy atom. The van der Waals surface area contributed by atoms with Crippen LogP contribution >= 0.6 is 0 Å². The van der Waals surface area contributed by atoms with Crippen LogP contribution in [0.1, 0.15) is 0 Å². The van der Waals surface area contributed by atoms with E-state index in [-0.39, 0.29) is 5.56 Å². The van der Waals surface area contributed by atoms with Crippen molar-refractivity contribution < 1.29 is 13.9 Å². The Bertz CT molecular complexity index is 880. The number of para-hydroxylation sites is 1. The van der Waals surface area contributed by atoms with Crippen molar-refractivity contribution >= 4 is 10.9 Å². The summed E-state index contributed by atoms with van der Waals surface area (Å²) >= 11 is 0. The van der Waals surface area contributed by atoms with Crippen LogP contribution in [-0.4, -0.2) is 19.2 Å². The number of methoxy groups -OCH3 is 2. The highest BCUT2D eigenvalue weighted by molar-refractivity contribution is 5.84. The first-order valence-corrected chi connectivity index (χ1v) is 6.68. The third kappa shape index (κ3) is 2.30. The van der Waals surface area contributed by atoms with Crippen molar-refractivity contribution in [2.75, 3.05) is 14.2 Å². The van der Waals surface area contributed by atoms with E-state index in [1.54, 1.807) is 42.5 Å². The van der Waals surface area contributed by atoms with Gasteiger partial charge in [-0.25, -0.2) is 4.39 Å². The average Bonchev–Trinajstić information content (AvgIpc) is 2.54. The van der Waals surface area contributed by atoms with E-state index in [1.165, 1.54) is 14.2 Å². The van der Waals surface area contributed by atoms with E-state index < -0.39 is 11.4 Å². The first kappa shape index (κ1) is 14.1. The van der Waals surface area contributed by atoms with Crippen molar-refractivity contribution in [3.63, 3.8) is 0 Å². The van der Waals surface area contributed by atoms with Crippen molar-refractivity contribution in [1.82, 2.24) is 4.98 Å². The molecule has 1 heterocycles. The Morgan fingerprint density at radius 3 is 2.27 bits per heavy atom. The zero-order valence-corrected chi connectivity index (χ0v) is 12.1. The molecule has 0 aliphatic heterocycles. The fourth-order valence-corrected chi connectivity index (χ4v) is 2.41. The quantitative estimate of drug-likeness (QED) is 0.807. The lowest BCUT2D eigenvalue weighted by molar-refractivity contribution is 0.394. The van der Waals surface area contributed by atoms with Gasteiger partial charge < -0.3 is 14.5 Å². The molecule has 3 rings (SSSR count). The van der Waals surface area contributed by atoms with Crippen molar-refractivity contribution in [2.45, 2.75) is 0 Å². The number of hydrogen-bond acceptors (Lipinski definition) is 3. The van der Waals surface area contributed by atoms with Crippen molar-refractivity contribution in [1.29, 1.82) is 0 Å². The van der Waals surface area contributed by atoms with Gasteiger partial charge in [0.05, 0.1) is 25.3 Å². The number of aromatic amines is 1. The van der Waals surface area contributed by atoms with Gasteiger partial charge in [-0.05, 0) is 29.8 Å². The zero-order chi connectivity index (χ0) is 15.7. The van der Waals surface area contributed by atoms with Crippen LogP contribution in [-0.2, 0) is 0 Å². The first-order valence-electron chi connectivity index (χ1n) is 6.68. The number of hydrogen-bond donors (Lipinski definition) is 1. The second-order valence-electron chi connectivity index (χ2n) is 4.79. The minimum absolute atomic E-state index is 0.0316. The lowest BCUT2D eigenvalue weighted by Crippen LogP contribution is -2.12. The van der Waals surface area contributed by atoms with E-state index in [0.717, 1.165) is 0 Å². The summed E-state index contributed by atoms with van der Waals surface area (Å²) in [4.78, 5) is 15.0. The summed E-state index contributed by atoms with van der Waals surface area (Å²) < 4.78 is 25.1. The number of H-pyrrole nitrogens is 1. The third-order valence-corrected chi connectivity index (χ3v) is 3.50. The largest absolute Gasteiger partial charge is 0.497 e. The smallest absolute Gasteiger partial charge is 0.259 e. The first-order chi connectivity index (χ1) is 10.6. The summed E-state index contributed by atoms with van der Waals surface area (Å²) in [5, 5.41) is 0.360. The molecule has 4 nitrogen and oxygen atoms in total. The van der Waals surface area contributed by atoms with Gasteiger partial charge in [0.15, 0.2) is 0 Å². The highest BCUT2D eigenvalue weighted by Gasteiger charge is 2.16. The molecule has 22 heavy (non-hydrogen) atoms. The summed E-state index contributed by atoms with van der Waals surface area (Å²) in [6.45, 7) is 0. The molecule has 0 atom stereocenters. The predicted octanol–water partition coefficient (Wildman–Crippen LogP) is 3.35. The van der Waals surface area contributed by atoms with Crippen LogP contribution in [0, 0.1) is 5.82 Å². The monoisotopic (exact) mass is 299 g/mol. The van der Waals surface area contributed by atoms with Gasteiger partial charge in [0.1, 0.15) is 17.3 Å². The second-order valence-corrected chi connectivity index (χ2v) is 4.79. The molecule has 0 bridgehead atoms. The van der Waals surface area contributed by atoms with Gasteiger partial charge in [0, 0.05) is 11.5 Å². The average molecular weight is 299 g/mol. The number of pyridine rings is 1. The van der Waals surface area contributed by atoms with Gasteiger partial charge >= 0.3 is 0 Å². The van der Waals surface area contributed by atoms with Crippen LogP contribution in [0.5, 0.6) is 11.5 Å². The fraction of sp³-hybridized carbons (Fsp3) is 0.118. The molecule has 0 aliphatic carbocycles. The van der Waals surface area contributed by atoms with Crippen LogP contribution in [0.4, 0.5) is 4.39 Å². The number of aromatic nitrogens is 1. The minimum Gasteiger partial charge on any atom is -0.497 e. The van der Waals surface area contributed by atoms with Gasteiger partial charge in [-0.1, -0.05) is 12.1 Å². The summed E-state index contributed by atoms with van der Waals surface area (Å²) in [6.07, 6.45) is 0. The van der Waals surface area contributed by atoms with E-state index in [9.17, 15) is 9.18 Å². The molecule has 0 radical (unpaired) electrons. The Balaban J connectivity index is 2.33. The molecule has 0 saturated carbocycles. The number of halogens is 1. The number of rotatable bonds is 3. The summed E-state index contributed by atoms with van der Waals surface area (Å²) in [5.41, 5.74) is 0.340. The summed E-state index contributed by atoms with van der Waals surface area (Å²) in [5.74, 6) is 0.414. The SMILES string of the molecule is COc1cc(OC)cc(-c2c(F)c3ccccc3[nH]c2=O)c1. The lowest BCUT2D eigenvalue weighted by atomic mass is 10.0. The molecule has 1 aromatic heterocycles. The van der Waals surface area contributed by atoms with Crippen molar-refractivity contribution in [3.05, 3.63) is 58.6 Å². The Kier molecular flexibility index (Phi) is 3.55. The highest BCUT2D eigenvalue weighted by atomic mass is 19.1. The normalized spacial score (nSPS) is 10.7. The molecular formula is C17H14FNO3. The van der Waals surface area contributed by atoms with E-state index in [4.69, 9.17) is 9.47 Å². The lowest BCUT2D eigenvalue weighted by Gasteiger charge is -2.10. The Labute approximate surface area is 126 Å². The van der Waals surface area contributed by atoms with Crippen LogP contribution in [0.15, 0.2) is 47.3 Å². The molecular weight excluding hydrogens is 285 g/mol. The topological polar surface area (TPSA) is 51.3 Å². The maximum Gasteiger partial charge on any atom is 0.259 e. The number of fused-ring (bicyclic) bond motifs is 1. The van der Waals surface area contributed by atoms with E-state index in [2.05, 4.69) is 4.98 Å². The molecule has 0 amide bonds. The molecule has 5 heteroatoms. The van der Waals surface area contributed by atoms with Gasteiger partial charge in [-0.15, -0.1) is 0 Å². The summed E-state index contributed by atoms with van der Waals surface area (Å²) in [6, 6.07) is 11.6. The molecule has 0 spiro atoms. The minimum atomic E-state index is -0.561. The molecule has 0 saturated heterocycles. The van der Waals surface area contributed by atoms with E-state index in [1.807, 2.05) is 0 Å². The van der Waals surface area contributed by atoms with Crippen molar-refractivity contribution in [3.8, 4) is 22.6 Å². The van der Waals surface area contributed by atoms with Crippen molar-refractivity contribution in [2.24, 2.45) is 0 Å². The van der Waals surface area contributed by atoms with E-state index in [0.29, 0.717) is 28.0 Å². The molecule has 0 aliphatic rings. The molecule has 112 valence electrons. The molecule has 0 fully saturated rings. The molecule has 2 aromatic carbocycles. The Hall–Kier alpha value is -2.82. The second kappa shape index (κ2) is 5.52. The van der Waals surface area contributed by atoms with Gasteiger partial charge in [-0.2, -0.15) is 0 Å². The highest BCUT2D eigenvalue weighted by Crippen LogP contribution is 2.31. The standard InChI is InChI=1S/C17H14FNO3/c1-21-11-7-10(8-12(9-11)22-2)15-16(18)13-5-3-4-6-14(13)19-17(15)20/h3-9H,1-2H3,(H,19,20). The maximum atomic E-state index is 14.8. The Morgan fingerprint density at radius 2 is 1.64 bits per heavy atom. The maximum absolute atomic E-state index is 14.8. The molecule has 0 unspecified atom stereocenters. The third-order valence-electron chi connectivity index (χ3n) is 3.50. The summed E-state index contributed by atoms with van der Waals surface area (Å²) in [7, 11) is 3.00. The van der Waals surface area contributed by atoms with Crippen LogP contribution in [0.25, 0.3) is 22.0 Å². The fourth-order valence-electron chi connectivity index (χ4n) is 2.41. The molecule has 3 aromatic rings. The van der Waals surface area contributed by atoms with Gasteiger partial charge in [-0.3, -0.25) is 4.79 Å². The number of ether oxygens (including phenoxy) is 2. The van der Waals surface area contributed by atoms with Crippen LogP contribution in [0.2, 0.25) is 0 Å². The van der Waals surface area contributed by atoms with Crippen LogP contribution in [0.3, 0.4) is 0 Å². The van der Waals surface area contributed by atoms with Gasteiger partial charge in [0.2, 0.25) is 0 Å². The zero-order valence-electron chi connectivity index (χ0n) is 12.1.